The normalized spacial score (nSPS) is 27.5. The van der Waals surface area contributed by atoms with Crippen molar-refractivity contribution in [2.45, 2.75) is 40.0 Å². The van der Waals surface area contributed by atoms with Crippen LogP contribution in [0.5, 0.6) is 0 Å². The molecule has 1 saturated heterocycles. The molecule has 0 bridgehead atoms. The number of carboxylic acids is 1. The van der Waals surface area contributed by atoms with Gasteiger partial charge in [0.15, 0.2) is 0 Å². The Balaban J connectivity index is 2.34. The summed E-state index contributed by atoms with van der Waals surface area (Å²) in [4.78, 5) is 13.1. The zero-order chi connectivity index (χ0) is 11.5. The number of hydrogen-bond acceptors (Lipinski definition) is 2. The van der Waals surface area contributed by atoms with Gasteiger partial charge in [-0.15, -0.1) is 0 Å². The van der Waals surface area contributed by atoms with Crippen molar-refractivity contribution in [2.24, 2.45) is 11.3 Å². The highest BCUT2D eigenvalue weighted by Gasteiger charge is 2.35. The van der Waals surface area contributed by atoms with Crippen LogP contribution in [0.15, 0.2) is 0 Å². The first kappa shape index (κ1) is 12.5. The molecule has 1 fully saturated rings. The minimum atomic E-state index is -0.664. The number of nitrogens with zero attached hydrogens (tertiary/aromatic N) is 1. The van der Waals surface area contributed by atoms with Crippen LogP contribution in [-0.2, 0) is 4.79 Å². The van der Waals surface area contributed by atoms with E-state index in [0.29, 0.717) is 6.42 Å². The Labute approximate surface area is 92.5 Å². The van der Waals surface area contributed by atoms with Gasteiger partial charge in [-0.25, -0.2) is 0 Å². The molecule has 1 unspecified atom stereocenters. The molecule has 1 aliphatic heterocycles. The number of aliphatic carboxylic acids is 1. The van der Waals surface area contributed by atoms with E-state index in [4.69, 9.17) is 5.11 Å². The van der Waals surface area contributed by atoms with Crippen LogP contribution >= 0.6 is 0 Å². The summed E-state index contributed by atoms with van der Waals surface area (Å²) in [5.41, 5.74) is 0.00279. The highest BCUT2D eigenvalue weighted by molar-refractivity contribution is 5.67. The molecule has 1 rings (SSSR count). The Morgan fingerprint density at radius 1 is 1.53 bits per heavy atom. The maximum Gasteiger partial charge on any atom is 0.303 e. The van der Waals surface area contributed by atoms with Crippen LogP contribution in [0.25, 0.3) is 0 Å². The average molecular weight is 213 g/mol. The summed E-state index contributed by atoms with van der Waals surface area (Å²) in [5, 5.41) is 8.82. The maximum absolute atomic E-state index is 10.7. The summed E-state index contributed by atoms with van der Waals surface area (Å²) in [6.07, 6.45) is 2.55. The Kier molecular flexibility index (Phi) is 4.14. The van der Waals surface area contributed by atoms with Gasteiger partial charge in [0.05, 0.1) is 6.42 Å². The molecule has 1 aliphatic rings. The Bertz CT molecular complexity index is 228. The number of carbonyl (C=O) groups is 1. The molecule has 88 valence electrons. The Morgan fingerprint density at radius 3 is 2.73 bits per heavy atom. The van der Waals surface area contributed by atoms with E-state index in [1.165, 1.54) is 6.42 Å². The van der Waals surface area contributed by atoms with Crippen LogP contribution in [0.1, 0.15) is 40.0 Å². The van der Waals surface area contributed by atoms with Crippen molar-refractivity contribution in [1.29, 1.82) is 0 Å². The summed E-state index contributed by atoms with van der Waals surface area (Å²) in [6, 6.07) is 0. The number of carboxylic acid groups (broad SMARTS) is 1. The second kappa shape index (κ2) is 4.97. The molecule has 0 aliphatic carbocycles. The molecule has 0 saturated carbocycles. The Hall–Kier alpha value is -0.570. The molecule has 0 radical (unpaired) electrons. The fourth-order valence-corrected chi connectivity index (χ4v) is 2.27. The van der Waals surface area contributed by atoms with E-state index in [2.05, 4.69) is 25.7 Å². The monoisotopic (exact) mass is 213 g/mol. The minimum absolute atomic E-state index is 0.00279. The standard InChI is InChI=1S/C12H23NO2/c1-10(2)4-6-13-7-5-12(3,9-13)8-11(14)15/h10H,4-9H2,1-3H3,(H,14,15). The lowest BCUT2D eigenvalue weighted by atomic mass is 9.86. The van der Waals surface area contributed by atoms with Crippen molar-refractivity contribution < 1.29 is 9.90 Å². The third-order valence-corrected chi connectivity index (χ3v) is 3.24. The van der Waals surface area contributed by atoms with Gasteiger partial charge in [0.1, 0.15) is 0 Å². The average Bonchev–Trinajstić information content (AvgIpc) is 2.42. The summed E-state index contributed by atoms with van der Waals surface area (Å²) in [5.74, 6) is 0.0690. The molecule has 0 aromatic rings. The highest BCUT2D eigenvalue weighted by Crippen LogP contribution is 2.33. The third-order valence-electron chi connectivity index (χ3n) is 3.24. The van der Waals surface area contributed by atoms with Crippen LogP contribution in [-0.4, -0.2) is 35.6 Å². The molecule has 1 heterocycles. The first-order valence-electron chi connectivity index (χ1n) is 5.85. The van der Waals surface area contributed by atoms with Crippen molar-refractivity contribution in [3.63, 3.8) is 0 Å². The SMILES string of the molecule is CC(C)CCN1CCC(C)(CC(=O)O)C1. The van der Waals surface area contributed by atoms with E-state index >= 15 is 0 Å². The number of likely N-dealkylation sites (tertiary alicyclic amines) is 1. The van der Waals surface area contributed by atoms with Gasteiger partial charge in [-0.1, -0.05) is 20.8 Å². The fourth-order valence-electron chi connectivity index (χ4n) is 2.27. The summed E-state index contributed by atoms with van der Waals surface area (Å²) >= 11 is 0. The van der Waals surface area contributed by atoms with Crippen LogP contribution < -0.4 is 0 Å². The minimum Gasteiger partial charge on any atom is -0.481 e. The van der Waals surface area contributed by atoms with E-state index in [1.54, 1.807) is 0 Å². The molecule has 3 nitrogen and oxygen atoms in total. The fraction of sp³-hybridized carbons (Fsp3) is 0.917. The van der Waals surface area contributed by atoms with Crippen molar-refractivity contribution >= 4 is 5.97 Å². The maximum atomic E-state index is 10.7. The van der Waals surface area contributed by atoms with Gasteiger partial charge in [0.25, 0.3) is 0 Å². The predicted molar refractivity (Wildman–Crippen MR) is 60.9 cm³/mol. The molecule has 3 heteroatoms. The van der Waals surface area contributed by atoms with Gasteiger partial charge in [-0.2, -0.15) is 0 Å². The van der Waals surface area contributed by atoms with E-state index in [0.717, 1.165) is 32.0 Å². The van der Waals surface area contributed by atoms with Gasteiger partial charge in [-0.3, -0.25) is 4.79 Å². The lowest BCUT2D eigenvalue weighted by Gasteiger charge is -2.23. The van der Waals surface area contributed by atoms with Crippen molar-refractivity contribution in [1.82, 2.24) is 4.90 Å². The van der Waals surface area contributed by atoms with Gasteiger partial charge in [0.2, 0.25) is 0 Å². The second-order valence-electron chi connectivity index (χ2n) is 5.59. The van der Waals surface area contributed by atoms with Crippen molar-refractivity contribution in [3.8, 4) is 0 Å². The topological polar surface area (TPSA) is 40.5 Å². The smallest absolute Gasteiger partial charge is 0.303 e. The van der Waals surface area contributed by atoms with Gasteiger partial charge >= 0.3 is 5.97 Å². The molecular weight excluding hydrogens is 190 g/mol. The molecule has 0 amide bonds. The molecule has 0 spiro atoms. The number of hydrogen-bond donors (Lipinski definition) is 1. The van der Waals surface area contributed by atoms with E-state index in [-0.39, 0.29) is 5.41 Å². The lowest BCUT2D eigenvalue weighted by Crippen LogP contribution is -2.28. The first-order valence-corrected chi connectivity index (χ1v) is 5.85. The zero-order valence-corrected chi connectivity index (χ0v) is 10.1. The summed E-state index contributed by atoms with van der Waals surface area (Å²) < 4.78 is 0. The highest BCUT2D eigenvalue weighted by atomic mass is 16.4. The van der Waals surface area contributed by atoms with Gasteiger partial charge in [0, 0.05) is 6.54 Å². The molecular formula is C12H23NO2. The second-order valence-corrected chi connectivity index (χ2v) is 5.59. The lowest BCUT2D eigenvalue weighted by molar-refractivity contribution is -0.139. The van der Waals surface area contributed by atoms with E-state index in [9.17, 15) is 4.79 Å². The van der Waals surface area contributed by atoms with Crippen LogP contribution in [0.2, 0.25) is 0 Å². The predicted octanol–water partition coefficient (Wildman–Crippen LogP) is 2.22. The van der Waals surface area contributed by atoms with Gasteiger partial charge < -0.3 is 10.0 Å². The van der Waals surface area contributed by atoms with Crippen LogP contribution in [0.4, 0.5) is 0 Å². The molecule has 15 heavy (non-hydrogen) atoms. The summed E-state index contributed by atoms with van der Waals surface area (Å²) in [7, 11) is 0. The van der Waals surface area contributed by atoms with E-state index < -0.39 is 5.97 Å². The zero-order valence-electron chi connectivity index (χ0n) is 10.1. The number of rotatable bonds is 5. The molecule has 1 N–H and O–H groups in total. The van der Waals surface area contributed by atoms with Crippen molar-refractivity contribution in [3.05, 3.63) is 0 Å². The van der Waals surface area contributed by atoms with Crippen LogP contribution in [0.3, 0.4) is 0 Å². The largest absolute Gasteiger partial charge is 0.481 e. The van der Waals surface area contributed by atoms with E-state index in [1.807, 2.05) is 0 Å². The quantitative estimate of drug-likeness (QED) is 0.761. The van der Waals surface area contributed by atoms with Crippen LogP contribution in [0, 0.1) is 11.3 Å². The van der Waals surface area contributed by atoms with Crippen molar-refractivity contribution in [2.75, 3.05) is 19.6 Å². The first-order chi connectivity index (χ1) is 6.91. The van der Waals surface area contributed by atoms with Gasteiger partial charge in [-0.05, 0) is 37.3 Å². The molecule has 0 aromatic carbocycles. The Morgan fingerprint density at radius 2 is 2.20 bits per heavy atom. The summed E-state index contributed by atoms with van der Waals surface area (Å²) in [6.45, 7) is 9.69. The third kappa shape index (κ3) is 4.20. The molecule has 1 atom stereocenters. The molecule has 0 aromatic heterocycles.